The van der Waals surface area contributed by atoms with Crippen LogP contribution in [0.25, 0.3) is 6.08 Å². The first kappa shape index (κ1) is 21.3. The van der Waals surface area contributed by atoms with Crippen LogP contribution in [0.2, 0.25) is 5.02 Å². The highest BCUT2D eigenvalue weighted by Crippen LogP contribution is 2.38. The number of nitrogens with zero attached hydrogens (tertiary/aromatic N) is 1. The molecule has 2 aromatic rings. The van der Waals surface area contributed by atoms with Gasteiger partial charge in [0.15, 0.2) is 11.5 Å². The SMILES string of the molecule is CC[C@@H](C)Oc1c(Cl)cc(/C=C(/C#N)C(=O)Nc2ccc(F)cc2)cc1OC. The summed E-state index contributed by atoms with van der Waals surface area (Å²) in [5, 5.41) is 12.2. The fourth-order valence-electron chi connectivity index (χ4n) is 2.27. The Morgan fingerprint density at radius 3 is 2.61 bits per heavy atom. The number of methoxy groups -OCH3 is 1. The van der Waals surface area contributed by atoms with E-state index in [1.165, 1.54) is 37.5 Å². The molecule has 0 radical (unpaired) electrons. The minimum absolute atomic E-state index is 0.0519. The zero-order valence-electron chi connectivity index (χ0n) is 15.8. The maximum absolute atomic E-state index is 13.0. The van der Waals surface area contributed by atoms with Crippen LogP contribution in [0.15, 0.2) is 42.0 Å². The summed E-state index contributed by atoms with van der Waals surface area (Å²) in [6.07, 6.45) is 2.13. The van der Waals surface area contributed by atoms with E-state index < -0.39 is 11.7 Å². The molecule has 1 N–H and O–H groups in total. The lowest BCUT2D eigenvalue weighted by atomic mass is 10.1. The number of halogens is 2. The number of carbonyl (C=O) groups excluding carboxylic acids is 1. The smallest absolute Gasteiger partial charge is 0.266 e. The van der Waals surface area contributed by atoms with Crippen molar-refractivity contribution >= 4 is 29.3 Å². The quantitative estimate of drug-likeness (QED) is 0.509. The first-order valence-electron chi connectivity index (χ1n) is 8.60. The summed E-state index contributed by atoms with van der Waals surface area (Å²) < 4.78 is 24.1. The van der Waals surface area contributed by atoms with Gasteiger partial charge in [0.05, 0.1) is 18.2 Å². The Hall–Kier alpha value is -3.04. The highest BCUT2D eigenvalue weighted by atomic mass is 35.5. The standard InChI is InChI=1S/C21H20ClFN2O3/c1-4-13(2)28-20-18(22)10-14(11-19(20)27-3)9-15(12-24)21(26)25-17-7-5-16(23)6-8-17/h5-11,13H,4H2,1-3H3,(H,25,26)/b15-9-/t13-/m1/s1. The zero-order chi connectivity index (χ0) is 20.7. The van der Waals surface area contributed by atoms with Gasteiger partial charge in [0.2, 0.25) is 0 Å². The molecule has 0 aliphatic carbocycles. The lowest BCUT2D eigenvalue weighted by Gasteiger charge is -2.17. The summed E-state index contributed by atoms with van der Waals surface area (Å²) >= 11 is 6.31. The number of nitriles is 1. The van der Waals surface area contributed by atoms with E-state index in [1.807, 2.05) is 19.9 Å². The van der Waals surface area contributed by atoms with Crippen LogP contribution < -0.4 is 14.8 Å². The predicted molar refractivity (Wildman–Crippen MR) is 107 cm³/mol. The van der Waals surface area contributed by atoms with E-state index in [2.05, 4.69) is 5.32 Å². The topological polar surface area (TPSA) is 71.3 Å². The van der Waals surface area contributed by atoms with Gasteiger partial charge in [-0.3, -0.25) is 4.79 Å². The molecule has 146 valence electrons. The molecule has 2 aromatic carbocycles. The van der Waals surface area contributed by atoms with Crippen LogP contribution in [-0.4, -0.2) is 19.1 Å². The third-order valence-electron chi connectivity index (χ3n) is 3.92. The van der Waals surface area contributed by atoms with Crippen molar-refractivity contribution in [1.29, 1.82) is 5.26 Å². The number of hydrogen-bond donors (Lipinski definition) is 1. The molecule has 2 rings (SSSR count). The summed E-state index contributed by atoms with van der Waals surface area (Å²) in [4.78, 5) is 12.3. The third-order valence-corrected chi connectivity index (χ3v) is 4.20. The molecule has 0 saturated heterocycles. The number of carbonyl (C=O) groups is 1. The van der Waals surface area contributed by atoms with Gasteiger partial charge in [-0.1, -0.05) is 18.5 Å². The predicted octanol–water partition coefficient (Wildman–Crippen LogP) is 5.21. The molecule has 28 heavy (non-hydrogen) atoms. The molecule has 7 heteroatoms. The van der Waals surface area contributed by atoms with Crippen molar-refractivity contribution in [2.45, 2.75) is 26.4 Å². The minimum atomic E-state index is -0.621. The molecule has 0 aliphatic rings. The molecule has 1 amide bonds. The average molecular weight is 403 g/mol. The van der Waals surface area contributed by atoms with Crippen LogP contribution in [0.5, 0.6) is 11.5 Å². The maximum Gasteiger partial charge on any atom is 0.266 e. The first-order valence-corrected chi connectivity index (χ1v) is 8.98. The van der Waals surface area contributed by atoms with Crippen molar-refractivity contribution in [3.05, 3.63) is 58.4 Å². The number of amides is 1. The van der Waals surface area contributed by atoms with E-state index in [1.54, 1.807) is 12.1 Å². The first-order chi connectivity index (χ1) is 13.4. The fraction of sp³-hybridized carbons (Fsp3) is 0.238. The maximum atomic E-state index is 13.0. The number of hydrogen-bond acceptors (Lipinski definition) is 4. The summed E-state index contributed by atoms with van der Waals surface area (Å²) in [5.41, 5.74) is 0.739. The van der Waals surface area contributed by atoms with Crippen LogP contribution in [0.4, 0.5) is 10.1 Å². The molecule has 5 nitrogen and oxygen atoms in total. The highest BCUT2D eigenvalue weighted by molar-refractivity contribution is 6.32. The van der Waals surface area contributed by atoms with E-state index in [0.717, 1.165) is 6.42 Å². The van der Waals surface area contributed by atoms with E-state index in [4.69, 9.17) is 21.1 Å². The van der Waals surface area contributed by atoms with Gasteiger partial charge >= 0.3 is 0 Å². The average Bonchev–Trinajstić information content (AvgIpc) is 2.69. The van der Waals surface area contributed by atoms with Crippen LogP contribution in [0, 0.1) is 17.1 Å². The summed E-state index contributed by atoms with van der Waals surface area (Å²) in [5.74, 6) is -0.236. The lowest BCUT2D eigenvalue weighted by Crippen LogP contribution is -2.13. The second-order valence-electron chi connectivity index (χ2n) is 6.00. The van der Waals surface area contributed by atoms with Crippen LogP contribution >= 0.6 is 11.6 Å². The molecule has 0 aromatic heterocycles. The number of nitrogens with one attached hydrogen (secondary N) is 1. The number of benzene rings is 2. The Labute approximate surface area is 168 Å². The number of ether oxygens (including phenoxy) is 2. The zero-order valence-corrected chi connectivity index (χ0v) is 16.5. The highest BCUT2D eigenvalue weighted by Gasteiger charge is 2.16. The number of anilines is 1. The Morgan fingerprint density at radius 2 is 2.04 bits per heavy atom. The van der Waals surface area contributed by atoms with Gasteiger partial charge in [-0.05, 0) is 61.4 Å². The van der Waals surface area contributed by atoms with Gasteiger partial charge in [0, 0.05) is 5.69 Å². The molecular weight excluding hydrogens is 383 g/mol. The second-order valence-corrected chi connectivity index (χ2v) is 6.41. The van der Waals surface area contributed by atoms with Gasteiger partial charge < -0.3 is 14.8 Å². The van der Waals surface area contributed by atoms with Crippen molar-refractivity contribution in [3.63, 3.8) is 0 Å². The molecule has 0 unspecified atom stereocenters. The van der Waals surface area contributed by atoms with Crippen molar-refractivity contribution < 1.29 is 18.7 Å². The second kappa shape index (κ2) is 9.77. The van der Waals surface area contributed by atoms with Gasteiger partial charge in [0.1, 0.15) is 17.5 Å². The van der Waals surface area contributed by atoms with Crippen molar-refractivity contribution in [2.75, 3.05) is 12.4 Å². The molecule has 0 heterocycles. The van der Waals surface area contributed by atoms with Crippen molar-refractivity contribution in [3.8, 4) is 17.6 Å². The Kier molecular flexibility index (Phi) is 7.42. The summed E-state index contributed by atoms with van der Waals surface area (Å²) in [7, 11) is 1.48. The normalized spacial score (nSPS) is 12.1. The Bertz CT molecular complexity index is 920. The Balaban J connectivity index is 2.30. The van der Waals surface area contributed by atoms with E-state index in [0.29, 0.717) is 27.8 Å². The van der Waals surface area contributed by atoms with Gasteiger partial charge in [-0.2, -0.15) is 5.26 Å². The molecule has 1 atom stereocenters. The van der Waals surface area contributed by atoms with Crippen molar-refractivity contribution in [1.82, 2.24) is 0 Å². The largest absolute Gasteiger partial charge is 0.493 e. The number of rotatable bonds is 7. The third kappa shape index (κ3) is 5.48. The van der Waals surface area contributed by atoms with Crippen molar-refractivity contribution in [2.24, 2.45) is 0 Å². The van der Waals surface area contributed by atoms with E-state index in [9.17, 15) is 14.4 Å². The molecule has 0 fully saturated rings. The molecule has 0 aliphatic heterocycles. The van der Waals surface area contributed by atoms with E-state index >= 15 is 0 Å². The van der Waals surface area contributed by atoms with Gasteiger partial charge in [-0.25, -0.2) is 4.39 Å². The lowest BCUT2D eigenvalue weighted by molar-refractivity contribution is -0.112. The van der Waals surface area contributed by atoms with Crippen LogP contribution in [0.3, 0.4) is 0 Å². The molecule has 0 spiro atoms. The van der Waals surface area contributed by atoms with E-state index in [-0.39, 0.29) is 11.7 Å². The van der Waals surface area contributed by atoms with Crippen LogP contribution in [-0.2, 0) is 4.79 Å². The molecular formula is C21H20ClFN2O3. The Morgan fingerprint density at radius 1 is 1.36 bits per heavy atom. The van der Waals surface area contributed by atoms with Gasteiger partial charge in [-0.15, -0.1) is 0 Å². The van der Waals surface area contributed by atoms with Crippen LogP contribution in [0.1, 0.15) is 25.8 Å². The van der Waals surface area contributed by atoms with Gasteiger partial charge in [0.25, 0.3) is 5.91 Å². The monoisotopic (exact) mass is 402 g/mol. The molecule has 0 bridgehead atoms. The summed E-state index contributed by atoms with van der Waals surface area (Å²) in [6, 6.07) is 10.3. The minimum Gasteiger partial charge on any atom is -0.493 e. The summed E-state index contributed by atoms with van der Waals surface area (Å²) in [6.45, 7) is 3.90. The fourth-order valence-corrected chi connectivity index (χ4v) is 2.53. The molecule has 0 saturated carbocycles.